The molecule has 0 radical (unpaired) electrons. The molecule has 1 aromatic heterocycles. The Morgan fingerprint density at radius 1 is 1.31 bits per heavy atom. The highest BCUT2D eigenvalue weighted by atomic mass is 79.9. The molecule has 2 nitrogen and oxygen atoms in total. The Hall–Kier alpha value is -0.800. The highest BCUT2D eigenvalue weighted by Crippen LogP contribution is 2.29. The maximum absolute atomic E-state index is 6.09. The van der Waals surface area contributed by atoms with Crippen LogP contribution >= 0.6 is 27.5 Å². The molecule has 4 heteroatoms. The van der Waals surface area contributed by atoms with E-state index in [1.165, 1.54) is 0 Å². The number of aromatic nitrogens is 1. The minimum atomic E-state index is 0.679. The van der Waals surface area contributed by atoms with E-state index in [0.717, 1.165) is 28.4 Å². The van der Waals surface area contributed by atoms with Crippen molar-refractivity contribution >= 4 is 38.4 Å². The molecule has 0 aliphatic carbocycles. The van der Waals surface area contributed by atoms with Crippen LogP contribution in [0.5, 0.6) is 5.75 Å². The van der Waals surface area contributed by atoms with Gasteiger partial charge in [-0.15, -0.1) is 0 Å². The Bertz CT molecular complexity index is 489. The van der Waals surface area contributed by atoms with Gasteiger partial charge < -0.3 is 4.74 Å². The van der Waals surface area contributed by atoms with Crippen molar-refractivity contribution < 1.29 is 4.74 Å². The predicted molar refractivity (Wildman–Crippen MR) is 70.7 cm³/mol. The van der Waals surface area contributed by atoms with Crippen LogP contribution in [0, 0.1) is 0 Å². The summed E-state index contributed by atoms with van der Waals surface area (Å²) in [5.74, 6) is 0.793. The molecule has 84 valence electrons. The van der Waals surface area contributed by atoms with Crippen molar-refractivity contribution in [1.82, 2.24) is 4.98 Å². The topological polar surface area (TPSA) is 22.1 Å². The van der Waals surface area contributed by atoms with Crippen molar-refractivity contribution in [3.8, 4) is 5.75 Å². The molecule has 0 aliphatic heterocycles. The molecular weight excluding hydrogens is 289 g/mol. The first-order valence-corrected chi connectivity index (χ1v) is 6.55. The summed E-state index contributed by atoms with van der Waals surface area (Å²) in [6, 6.07) is 7.53. The van der Waals surface area contributed by atoms with E-state index in [1.54, 1.807) is 6.20 Å². The fourth-order valence-corrected chi connectivity index (χ4v) is 1.91. The van der Waals surface area contributed by atoms with Gasteiger partial charge in [-0.25, -0.2) is 0 Å². The molecule has 0 fully saturated rings. The van der Waals surface area contributed by atoms with Gasteiger partial charge in [-0.05, 0) is 30.7 Å². The summed E-state index contributed by atoms with van der Waals surface area (Å²) in [6.07, 6.45) is 2.72. The summed E-state index contributed by atoms with van der Waals surface area (Å²) in [5.41, 5.74) is 0.824. The standard InChI is InChI=1S/C12H11BrClNO/c13-6-2-8-16-11-5-4-10(14)9-3-1-7-15-12(9)11/h1,3-5,7H,2,6,8H2. The van der Waals surface area contributed by atoms with Crippen LogP contribution < -0.4 is 4.74 Å². The normalized spacial score (nSPS) is 10.6. The third-order valence-electron chi connectivity index (χ3n) is 2.21. The summed E-state index contributed by atoms with van der Waals surface area (Å²) in [4.78, 5) is 4.30. The van der Waals surface area contributed by atoms with Gasteiger partial charge in [-0.2, -0.15) is 0 Å². The molecule has 2 aromatic rings. The van der Waals surface area contributed by atoms with Crippen molar-refractivity contribution in [2.24, 2.45) is 0 Å². The summed E-state index contributed by atoms with van der Waals surface area (Å²) in [6.45, 7) is 0.679. The number of nitrogens with zero attached hydrogens (tertiary/aromatic N) is 1. The third kappa shape index (κ3) is 2.47. The van der Waals surface area contributed by atoms with Gasteiger partial charge in [0.05, 0.1) is 11.6 Å². The molecule has 1 aromatic carbocycles. The lowest BCUT2D eigenvalue weighted by Gasteiger charge is -2.08. The monoisotopic (exact) mass is 299 g/mol. The summed E-state index contributed by atoms with van der Waals surface area (Å²) in [5, 5.41) is 2.57. The van der Waals surface area contributed by atoms with Crippen molar-refractivity contribution in [3.63, 3.8) is 0 Å². The Morgan fingerprint density at radius 3 is 3.00 bits per heavy atom. The molecule has 0 amide bonds. The highest BCUT2D eigenvalue weighted by molar-refractivity contribution is 9.09. The van der Waals surface area contributed by atoms with E-state index < -0.39 is 0 Å². The molecule has 0 atom stereocenters. The molecule has 0 N–H and O–H groups in total. The molecule has 0 saturated carbocycles. The zero-order valence-electron chi connectivity index (χ0n) is 8.62. The van der Waals surface area contributed by atoms with Crippen molar-refractivity contribution in [1.29, 1.82) is 0 Å². The minimum absolute atomic E-state index is 0.679. The fourth-order valence-electron chi connectivity index (χ4n) is 1.47. The number of ether oxygens (including phenoxy) is 1. The zero-order valence-corrected chi connectivity index (χ0v) is 11.0. The molecule has 0 aliphatic rings. The Morgan fingerprint density at radius 2 is 2.19 bits per heavy atom. The summed E-state index contributed by atoms with van der Waals surface area (Å²) < 4.78 is 5.66. The average molecular weight is 301 g/mol. The summed E-state index contributed by atoms with van der Waals surface area (Å²) in [7, 11) is 0. The van der Waals surface area contributed by atoms with E-state index in [1.807, 2.05) is 24.3 Å². The molecule has 2 rings (SSSR count). The molecule has 1 heterocycles. The number of rotatable bonds is 4. The summed E-state index contributed by atoms with van der Waals surface area (Å²) >= 11 is 9.45. The lowest BCUT2D eigenvalue weighted by molar-refractivity contribution is 0.322. The van der Waals surface area contributed by atoms with Crippen LogP contribution in [-0.4, -0.2) is 16.9 Å². The number of hydrogen-bond donors (Lipinski definition) is 0. The molecular formula is C12H11BrClNO. The number of benzene rings is 1. The minimum Gasteiger partial charge on any atom is -0.491 e. The number of pyridine rings is 1. The fraction of sp³-hybridized carbons (Fsp3) is 0.250. The van der Waals surface area contributed by atoms with E-state index in [4.69, 9.17) is 16.3 Å². The van der Waals surface area contributed by atoms with Gasteiger partial charge in [0.1, 0.15) is 11.3 Å². The molecule has 0 bridgehead atoms. The molecule has 0 spiro atoms. The van der Waals surface area contributed by atoms with Gasteiger partial charge in [0.15, 0.2) is 0 Å². The van der Waals surface area contributed by atoms with Crippen LogP contribution in [0.4, 0.5) is 0 Å². The first-order chi connectivity index (χ1) is 7.83. The lowest BCUT2D eigenvalue weighted by atomic mass is 10.2. The maximum atomic E-state index is 6.09. The first kappa shape index (κ1) is 11.7. The van der Waals surface area contributed by atoms with E-state index in [-0.39, 0.29) is 0 Å². The molecule has 16 heavy (non-hydrogen) atoms. The van der Waals surface area contributed by atoms with Crippen LogP contribution in [0.3, 0.4) is 0 Å². The lowest BCUT2D eigenvalue weighted by Crippen LogP contribution is -1.98. The Kier molecular flexibility index (Phi) is 4.02. The van der Waals surface area contributed by atoms with Crippen LogP contribution in [0.1, 0.15) is 6.42 Å². The van der Waals surface area contributed by atoms with Crippen LogP contribution in [0.15, 0.2) is 30.5 Å². The van der Waals surface area contributed by atoms with E-state index in [2.05, 4.69) is 20.9 Å². The predicted octanol–water partition coefficient (Wildman–Crippen LogP) is 4.05. The Balaban J connectivity index is 2.35. The van der Waals surface area contributed by atoms with Gasteiger partial charge >= 0.3 is 0 Å². The van der Waals surface area contributed by atoms with Gasteiger partial charge in [0.2, 0.25) is 0 Å². The van der Waals surface area contributed by atoms with Crippen molar-refractivity contribution in [3.05, 3.63) is 35.5 Å². The SMILES string of the molecule is Clc1ccc(OCCCBr)c2ncccc12. The highest BCUT2D eigenvalue weighted by Gasteiger charge is 2.05. The van der Waals surface area contributed by atoms with E-state index >= 15 is 0 Å². The number of fused-ring (bicyclic) bond motifs is 1. The van der Waals surface area contributed by atoms with Gasteiger partial charge in [-0.3, -0.25) is 4.98 Å². The van der Waals surface area contributed by atoms with E-state index in [0.29, 0.717) is 11.6 Å². The number of alkyl halides is 1. The van der Waals surface area contributed by atoms with Gasteiger partial charge in [0.25, 0.3) is 0 Å². The van der Waals surface area contributed by atoms with Crippen LogP contribution in [0.25, 0.3) is 10.9 Å². The largest absolute Gasteiger partial charge is 0.491 e. The average Bonchev–Trinajstić information content (AvgIpc) is 2.33. The number of halogens is 2. The molecule has 0 unspecified atom stereocenters. The van der Waals surface area contributed by atoms with E-state index in [9.17, 15) is 0 Å². The quantitative estimate of drug-likeness (QED) is 0.628. The second-order valence-corrected chi connectivity index (χ2v) is 4.54. The van der Waals surface area contributed by atoms with Gasteiger partial charge in [-0.1, -0.05) is 27.5 Å². The second-order valence-electron chi connectivity index (χ2n) is 3.34. The van der Waals surface area contributed by atoms with Crippen LogP contribution in [0.2, 0.25) is 5.02 Å². The smallest absolute Gasteiger partial charge is 0.145 e. The number of hydrogen-bond acceptors (Lipinski definition) is 2. The van der Waals surface area contributed by atoms with Gasteiger partial charge in [0, 0.05) is 16.9 Å². The molecule has 0 saturated heterocycles. The first-order valence-electron chi connectivity index (χ1n) is 5.05. The third-order valence-corrected chi connectivity index (χ3v) is 3.11. The Labute approximate surface area is 108 Å². The van der Waals surface area contributed by atoms with Crippen molar-refractivity contribution in [2.45, 2.75) is 6.42 Å². The zero-order chi connectivity index (χ0) is 11.4. The van der Waals surface area contributed by atoms with Crippen molar-refractivity contribution in [2.75, 3.05) is 11.9 Å². The second kappa shape index (κ2) is 5.51. The maximum Gasteiger partial charge on any atom is 0.145 e. The van der Waals surface area contributed by atoms with Crippen LogP contribution in [-0.2, 0) is 0 Å².